The topological polar surface area (TPSA) is 115 Å². The second-order valence-corrected chi connectivity index (χ2v) is 6.55. The molecule has 2 aromatic heterocycles. The number of pyridine rings is 1. The number of nitrogens with two attached hydrogens (primary N) is 1. The molecule has 1 saturated heterocycles. The number of rotatable bonds is 6. The first-order chi connectivity index (χ1) is 13.3. The molecule has 0 saturated carbocycles. The van der Waals surface area contributed by atoms with Crippen LogP contribution < -0.4 is 11.1 Å². The van der Waals surface area contributed by atoms with Gasteiger partial charge in [-0.25, -0.2) is 9.48 Å². The Kier molecular flexibility index (Phi) is 5.04. The fourth-order valence-electron chi connectivity index (χ4n) is 2.80. The minimum Gasteiger partial charge on any atom is -0.445 e. The van der Waals surface area contributed by atoms with Gasteiger partial charge in [-0.2, -0.15) is 5.10 Å². The van der Waals surface area contributed by atoms with Crippen molar-refractivity contribution in [2.24, 2.45) is 5.73 Å². The molecule has 144 valence electrons. The van der Waals surface area contributed by atoms with Crippen molar-refractivity contribution < 1.29 is 14.3 Å². The van der Waals surface area contributed by atoms with E-state index in [-0.39, 0.29) is 31.1 Å². The minimum absolute atomic E-state index is 0.140. The van der Waals surface area contributed by atoms with E-state index < -0.39 is 17.5 Å². The first-order valence-corrected chi connectivity index (χ1v) is 8.45. The molecule has 0 unspecified atom stereocenters. The fourth-order valence-corrected chi connectivity index (χ4v) is 2.80. The van der Waals surface area contributed by atoms with Crippen molar-refractivity contribution in [3.05, 3.63) is 54.1 Å². The normalized spacial score (nSPS) is 14.5. The molecule has 3 rings (SSSR count). The van der Waals surface area contributed by atoms with Crippen LogP contribution in [0.1, 0.15) is 22.8 Å². The SMILES string of the molecule is C#CC1(n2cc(C(N)=O)c(NC(=C)C)n2)CN(C(=O)OCc2ccncc2)C1. The summed E-state index contributed by atoms with van der Waals surface area (Å²) in [5.74, 6) is 2.29. The summed E-state index contributed by atoms with van der Waals surface area (Å²) in [7, 11) is 0. The second-order valence-electron chi connectivity index (χ2n) is 6.55. The van der Waals surface area contributed by atoms with Crippen molar-refractivity contribution in [3.63, 3.8) is 0 Å². The molecule has 9 heteroatoms. The Bertz CT molecular complexity index is 954. The van der Waals surface area contributed by atoms with E-state index in [0.717, 1.165) is 5.56 Å². The number of hydrogen-bond acceptors (Lipinski definition) is 6. The van der Waals surface area contributed by atoms with Crippen LogP contribution in [0.4, 0.5) is 10.6 Å². The number of likely N-dealkylation sites (tertiary alicyclic amines) is 1. The first kappa shape index (κ1) is 19.0. The number of allylic oxidation sites excluding steroid dienone is 1. The van der Waals surface area contributed by atoms with Gasteiger partial charge in [0, 0.05) is 24.3 Å². The monoisotopic (exact) mass is 380 g/mol. The molecule has 0 aliphatic carbocycles. The van der Waals surface area contributed by atoms with Gasteiger partial charge in [-0.3, -0.25) is 9.78 Å². The van der Waals surface area contributed by atoms with Crippen molar-refractivity contribution in [1.82, 2.24) is 19.7 Å². The summed E-state index contributed by atoms with van der Waals surface area (Å²) in [5.41, 5.74) is 6.16. The van der Waals surface area contributed by atoms with Crippen LogP contribution in [0.2, 0.25) is 0 Å². The zero-order valence-electron chi connectivity index (χ0n) is 15.4. The van der Waals surface area contributed by atoms with Crippen molar-refractivity contribution in [2.75, 3.05) is 18.4 Å². The van der Waals surface area contributed by atoms with Crippen LogP contribution in [0.25, 0.3) is 0 Å². The van der Waals surface area contributed by atoms with Gasteiger partial charge in [0.1, 0.15) is 12.2 Å². The number of ether oxygens (including phenoxy) is 1. The molecule has 1 aliphatic rings. The molecule has 1 fully saturated rings. The van der Waals surface area contributed by atoms with E-state index >= 15 is 0 Å². The Morgan fingerprint density at radius 2 is 2.11 bits per heavy atom. The molecule has 0 spiro atoms. The maximum atomic E-state index is 12.3. The molecule has 0 radical (unpaired) electrons. The number of nitrogens with zero attached hydrogens (tertiary/aromatic N) is 4. The van der Waals surface area contributed by atoms with E-state index in [1.807, 2.05) is 0 Å². The molecule has 9 nitrogen and oxygen atoms in total. The maximum absolute atomic E-state index is 12.3. The molecule has 3 heterocycles. The molecule has 0 atom stereocenters. The third kappa shape index (κ3) is 3.66. The van der Waals surface area contributed by atoms with Gasteiger partial charge in [0.2, 0.25) is 0 Å². The van der Waals surface area contributed by atoms with Crippen LogP contribution in [0.3, 0.4) is 0 Å². The minimum atomic E-state index is -0.880. The highest BCUT2D eigenvalue weighted by molar-refractivity contribution is 5.97. The number of anilines is 1. The van der Waals surface area contributed by atoms with Crippen LogP contribution in [-0.2, 0) is 16.9 Å². The Balaban J connectivity index is 1.69. The predicted molar refractivity (Wildman–Crippen MR) is 102 cm³/mol. The summed E-state index contributed by atoms with van der Waals surface area (Å²) in [6.45, 7) is 6.00. The van der Waals surface area contributed by atoms with E-state index in [1.165, 1.54) is 15.8 Å². The van der Waals surface area contributed by atoms with E-state index in [9.17, 15) is 9.59 Å². The number of nitrogens with one attached hydrogen (secondary N) is 1. The Hall–Kier alpha value is -3.80. The fraction of sp³-hybridized carbons (Fsp3) is 0.263. The lowest BCUT2D eigenvalue weighted by atomic mass is 9.91. The number of carbonyl (C=O) groups excluding carboxylic acids is 2. The maximum Gasteiger partial charge on any atom is 0.410 e. The van der Waals surface area contributed by atoms with E-state index in [0.29, 0.717) is 5.70 Å². The Morgan fingerprint density at radius 3 is 2.68 bits per heavy atom. The van der Waals surface area contributed by atoms with Gasteiger partial charge in [-0.15, -0.1) is 6.42 Å². The number of terminal acetylenes is 1. The quantitative estimate of drug-likeness (QED) is 0.730. The molecular formula is C19H20N6O3. The highest BCUT2D eigenvalue weighted by atomic mass is 16.6. The van der Waals surface area contributed by atoms with E-state index in [1.54, 1.807) is 31.5 Å². The van der Waals surface area contributed by atoms with Crippen molar-refractivity contribution in [1.29, 1.82) is 0 Å². The van der Waals surface area contributed by atoms with Gasteiger partial charge in [0.05, 0.1) is 13.1 Å². The molecule has 0 aromatic carbocycles. The van der Waals surface area contributed by atoms with Crippen LogP contribution in [-0.4, -0.2) is 44.8 Å². The number of amides is 2. The van der Waals surface area contributed by atoms with E-state index in [4.69, 9.17) is 16.9 Å². The van der Waals surface area contributed by atoms with Crippen molar-refractivity contribution >= 4 is 17.8 Å². The van der Waals surface area contributed by atoms with Crippen LogP contribution >= 0.6 is 0 Å². The molecule has 2 aromatic rings. The third-order valence-corrected chi connectivity index (χ3v) is 4.29. The largest absolute Gasteiger partial charge is 0.445 e. The zero-order valence-corrected chi connectivity index (χ0v) is 15.4. The molecular weight excluding hydrogens is 360 g/mol. The number of hydrogen-bond donors (Lipinski definition) is 2. The summed E-state index contributed by atoms with van der Waals surface area (Å²) >= 11 is 0. The van der Waals surface area contributed by atoms with Crippen LogP contribution in [0.5, 0.6) is 0 Å². The van der Waals surface area contributed by atoms with Crippen molar-refractivity contribution in [2.45, 2.75) is 19.1 Å². The summed E-state index contributed by atoms with van der Waals surface area (Å²) in [6.07, 6.45) is 9.96. The average Bonchev–Trinajstić information content (AvgIpc) is 3.04. The summed E-state index contributed by atoms with van der Waals surface area (Å²) in [6, 6.07) is 3.53. The zero-order chi connectivity index (χ0) is 20.3. The lowest BCUT2D eigenvalue weighted by Crippen LogP contribution is -2.63. The van der Waals surface area contributed by atoms with E-state index in [2.05, 4.69) is 27.9 Å². The lowest BCUT2D eigenvalue weighted by Gasteiger charge is -2.45. The Morgan fingerprint density at radius 1 is 1.43 bits per heavy atom. The highest BCUT2D eigenvalue weighted by Gasteiger charge is 2.47. The van der Waals surface area contributed by atoms with Gasteiger partial charge in [-0.1, -0.05) is 12.5 Å². The van der Waals surface area contributed by atoms with Gasteiger partial charge in [0.15, 0.2) is 11.4 Å². The molecule has 2 amide bonds. The highest BCUT2D eigenvalue weighted by Crippen LogP contribution is 2.31. The lowest BCUT2D eigenvalue weighted by molar-refractivity contribution is 0.0240. The Labute approximate surface area is 162 Å². The molecule has 0 bridgehead atoms. The molecule has 3 N–H and O–H groups in total. The summed E-state index contributed by atoms with van der Waals surface area (Å²) < 4.78 is 6.77. The van der Waals surface area contributed by atoms with Gasteiger partial charge in [-0.05, 0) is 24.6 Å². The van der Waals surface area contributed by atoms with Gasteiger partial charge in [0.25, 0.3) is 5.91 Å². The molecule has 28 heavy (non-hydrogen) atoms. The van der Waals surface area contributed by atoms with Gasteiger partial charge < -0.3 is 20.7 Å². The van der Waals surface area contributed by atoms with Crippen LogP contribution in [0.15, 0.2) is 43.0 Å². The first-order valence-electron chi connectivity index (χ1n) is 8.45. The third-order valence-electron chi connectivity index (χ3n) is 4.29. The average molecular weight is 380 g/mol. The predicted octanol–water partition coefficient (Wildman–Crippen LogP) is 1.30. The van der Waals surface area contributed by atoms with Gasteiger partial charge >= 0.3 is 6.09 Å². The van der Waals surface area contributed by atoms with Crippen LogP contribution in [0, 0.1) is 12.3 Å². The number of carbonyl (C=O) groups is 2. The second kappa shape index (κ2) is 7.44. The number of aromatic nitrogens is 3. The standard InChI is InChI=1S/C19H20N6O3/c1-4-19(25-9-15(16(20)26)17(23-25)22-13(2)3)11-24(12-19)18(27)28-10-14-5-7-21-8-6-14/h1,5-9H,2,10-12H2,3H3,(H2,20,26)(H,22,23). The molecule has 1 aliphatic heterocycles. The number of primary amides is 1. The smallest absolute Gasteiger partial charge is 0.410 e. The summed E-state index contributed by atoms with van der Waals surface area (Å²) in [5, 5.41) is 7.23. The summed E-state index contributed by atoms with van der Waals surface area (Å²) in [4.78, 5) is 29.3. The van der Waals surface area contributed by atoms with Crippen molar-refractivity contribution in [3.8, 4) is 12.3 Å².